The molecule has 4 aromatic rings. The maximum Gasteiger partial charge on any atom is 0.243 e. The smallest absolute Gasteiger partial charge is 0.240 e. The number of allylic oxidation sites excluding steroid dienone is 1. The van der Waals surface area contributed by atoms with E-state index >= 15 is 0 Å². The number of benzene rings is 3. The Morgan fingerprint density at radius 1 is 0.850 bits per heavy atom. The molecule has 0 bridgehead atoms. The van der Waals surface area contributed by atoms with Crippen LogP contribution in [0.25, 0.3) is 23.0 Å². The van der Waals surface area contributed by atoms with Crippen LogP contribution in [0.5, 0.6) is 0 Å². The molecule has 0 saturated carbocycles. The summed E-state index contributed by atoms with van der Waals surface area (Å²) in [6, 6.07) is 23.9. The Bertz CT molecular complexity index is 1800. The summed E-state index contributed by atoms with van der Waals surface area (Å²) in [4.78, 5) is -0.206. The zero-order chi connectivity index (χ0) is 28.3. The summed E-state index contributed by atoms with van der Waals surface area (Å²) in [5.41, 5.74) is 3.05. The Balaban J connectivity index is 1.58. The van der Waals surface area contributed by atoms with Gasteiger partial charge in [0, 0.05) is 30.4 Å². The number of aromatic nitrogens is 2. The van der Waals surface area contributed by atoms with E-state index in [2.05, 4.69) is 0 Å². The zero-order valence-electron chi connectivity index (χ0n) is 21.9. The van der Waals surface area contributed by atoms with Crippen molar-refractivity contribution in [3.63, 3.8) is 0 Å². The summed E-state index contributed by atoms with van der Waals surface area (Å²) in [6.45, 7) is 2.87. The van der Waals surface area contributed by atoms with Gasteiger partial charge in [-0.05, 0) is 62.2 Å². The van der Waals surface area contributed by atoms with Gasteiger partial charge in [-0.1, -0.05) is 54.4 Å². The molecule has 5 rings (SSSR count). The largest absolute Gasteiger partial charge is 0.243 e. The van der Waals surface area contributed by atoms with Gasteiger partial charge in [0.1, 0.15) is 16.7 Å². The van der Waals surface area contributed by atoms with Gasteiger partial charge in [-0.15, -0.1) is 0 Å². The number of piperidine rings is 1. The van der Waals surface area contributed by atoms with Crippen LogP contribution in [0.1, 0.15) is 30.4 Å². The van der Waals surface area contributed by atoms with Gasteiger partial charge < -0.3 is 0 Å². The Labute approximate surface area is 234 Å². The van der Waals surface area contributed by atoms with Gasteiger partial charge in [-0.25, -0.2) is 21.5 Å². The fourth-order valence-electron chi connectivity index (χ4n) is 4.62. The molecular formula is C30H28N4O4S2. The van der Waals surface area contributed by atoms with Gasteiger partial charge in [0.2, 0.25) is 19.9 Å². The van der Waals surface area contributed by atoms with Crippen LogP contribution in [0, 0.1) is 18.3 Å². The van der Waals surface area contributed by atoms with Crippen molar-refractivity contribution in [3.05, 3.63) is 101 Å². The molecular weight excluding hydrogens is 544 g/mol. The highest BCUT2D eigenvalue weighted by molar-refractivity contribution is 7.95. The van der Waals surface area contributed by atoms with Crippen LogP contribution in [-0.2, 0) is 19.9 Å². The predicted octanol–water partition coefficient (Wildman–Crippen LogP) is 5.36. The van der Waals surface area contributed by atoms with E-state index in [-0.39, 0.29) is 9.79 Å². The average Bonchev–Trinajstić information content (AvgIpc) is 3.41. The average molecular weight is 573 g/mol. The molecule has 3 aromatic carbocycles. The van der Waals surface area contributed by atoms with E-state index in [1.807, 2.05) is 43.3 Å². The zero-order valence-corrected chi connectivity index (χ0v) is 23.6. The quantitative estimate of drug-likeness (QED) is 0.276. The van der Waals surface area contributed by atoms with E-state index in [1.54, 1.807) is 47.3 Å². The van der Waals surface area contributed by atoms with E-state index in [4.69, 9.17) is 5.10 Å². The summed E-state index contributed by atoms with van der Waals surface area (Å²) >= 11 is 0. The molecule has 1 aromatic heterocycles. The normalized spacial score (nSPS) is 15.1. The second-order valence-electron chi connectivity index (χ2n) is 9.64. The number of nitrogens with zero attached hydrogens (tertiary/aromatic N) is 4. The minimum atomic E-state index is -4.08. The van der Waals surface area contributed by atoms with Gasteiger partial charge >= 0.3 is 0 Å². The molecule has 0 aliphatic carbocycles. The Kier molecular flexibility index (Phi) is 7.72. The highest BCUT2D eigenvalue weighted by Crippen LogP contribution is 2.30. The monoisotopic (exact) mass is 572 g/mol. The second kappa shape index (κ2) is 11.2. The summed E-state index contributed by atoms with van der Waals surface area (Å²) in [5, 5.41) is 14.6. The van der Waals surface area contributed by atoms with E-state index in [1.165, 1.54) is 22.5 Å². The molecule has 40 heavy (non-hydrogen) atoms. The lowest BCUT2D eigenvalue weighted by Gasteiger charge is -2.25. The van der Waals surface area contributed by atoms with Crippen LogP contribution in [0.2, 0.25) is 0 Å². The van der Waals surface area contributed by atoms with Gasteiger partial charge in [0.15, 0.2) is 0 Å². The van der Waals surface area contributed by atoms with Crippen molar-refractivity contribution >= 4 is 25.9 Å². The van der Waals surface area contributed by atoms with Crippen LogP contribution in [0.3, 0.4) is 0 Å². The third-order valence-electron chi connectivity index (χ3n) is 6.86. The summed E-state index contributed by atoms with van der Waals surface area (Å²) < 4.78 is 56.0. The Hall–Kier alpha value is -4.04. The molecule has 204 valence electrons. The second-order valence-corrected chi connectivity index (χ2v) is 13.5. The number of hydrogen-bond acceptors (Lipinski definition) is 6. The standard InChI is InChI=1S/C30H28N4O4S2/c1-23-10-14-27(15-11-23)39(35,36)29(21-31)20-25-22-34(26-8-4-2-5-9-26)32-30(25)24-12-16-28(17-13-24)40(37,38)33-18-6-3-7-19-33/h2,4-5,8-17,20,22H,3,6-7,18-19H2,1H3/b29-20-. The van der Waals surface area contributed by atoms with Crippen molar-refractivity contribution < 1.29 is 16.8 Å². The van der Waals surface area contributed by atoms with Crippen LogP contribution in [0.4, 0.5) is 0 Å². The molecule has 10 heteroatoms. The molecule has 1 saturated heterocycles. The van der Waals surface area contributed by atoms with Crippen LogP contribution < -0.4 is 0 Å². The first kappa shape index (κ1) is 27.5. The maximum atomic E-state index is 13.3. The van der Waals surface area contributed by atoms with Gasteiger partial charge in [-0.2, -0.15) is 14.7 Å². The SMILES string of the molecule is Cc1ccc(S(=O)(=O)/C(C#N)=C\c2cn(-c3ccccc3)nc2-c2ccc(S(=O)(=O)N3CCCCC3)cc2)cc1. The third kappa shape index (κ3) is 5.49. The topological polar surface area (TPSA) is 113 Å². The Morgan fingerprint density at radius 3 is 2.10 bits per heavy atom. The Morgan fingerprint density at radius 2 is 1.48 bits per heavy atom. The van der Waals surface area contributed by atoms with E-state index < -0.39 is 24.8 Å². The molecule has 0 amide bonds. The molecule has 0 spiro atoms. The van der Waals surface area contributed by atoms with Crippen LogP contribution >= 0.6 is 0 Å². The van der Waals surface area contributed by atoms with Crippen LogP contribution in [-0.4, -0.2) is 44.0 Å². The van der Waals surface area contributed by atoms with Gasteiger partial charge in [0.05, 0.1) is 15.5 Å². The minimum absolute atomic E-state index is 0.0233. The molecule has 2 heterocycles. The highest BCUT2D eigenvalue weighted by atomic mass is 32.2. The number of aryl methyl sites for hydroxylation is 1. The summed E-state index contributed by atoms with van der Waals surface area (Å²) in [5.74, 6) is 0. The first-order valence-electron chi connectivity index (χ1n) is 12.9. The minimum Gasteiger partial charge on any atom is -0.240 e. The van der Waals surface area contributed by atoms with E-state index in [9.17, 15) is 22.1 Å². The number of sulfonamides is 1. The number of para-hydroxylation sites is 1. The van der Waals surface area contributed by atoms with Gasteiger partial charge in [0.25, 0.3) is 0 Å². The lowest BCUT2D eigenvalue weighted by Crippen LogP contribution is -2.35. The molecule has 1 aliphatic rings. The molecule has 0 atom stereocenters. The summed E-state index contributed by atoms with van der Waals surface area (Å²) in [7, 11) is -7.69. The number of nitriles is 1. The highest BCUT2D eigenvalue weighted by Gasteiger charge is 2.26. The molecule has 1 aliphatic heterocycles. The van der Waals surface area contributed by atoms with Crippen molar-refractivity contribution in [2.75, 3.05) is 13.1 Å². The van der Waals surface area contributed by atoms with Crippen molar-refractivity contribution in [2.24, 2.45) is 0 Å². The number of rotatable bonds is 7. The predicted molar refractivity (Wildman–Crippen MR) is 154 cm³/mol. The lowest BCUT2D eigenvalue weighted by atomic mass is 10.1. The van der Waals surface area contributed by atoms with Crippen molar-refractivity contribution in [1.82, 2.24) is 14.1 Å². The third-order valence-corrected chi connectivity index (χ3v) is 10.5. The van der Waals surface area contributed by atoms with E-state index in [0.29, 0.717) is 29.9 Å². The molecule has 0 N–H and O–H groups in total. The van der Waals surface area contributed by atoms with Crippen molar-refractivity contribution in [3.8, 4) is 23.0 Å². The molecule has 8 nitrogen and oxygen atoms in total. The van der Waals surface area contributed by atoms with E-state index in [0.717, 1.165) is 30.5 Å². The number of sulfone groups is 1. The molecule has 0 unspecified atom stereocenters. The molecule has 0 radical (unpaired) electrons. The van der Waals surface area contributed by atoms with Gasteiger partial charge in [-0.3, -0.25) is 0 Å². The fraction of sp³-hybridized carbons (Fsp3) is 0.200. The van der Waals surface area contributed by atoms with Crippen molar-refractivity contribution in [2.45, 2.75) is 36.0 Å². The summed E-state index contributed by atoms with van der Waals surface area (Å²) in [6.07, 6.45) is 5.68. The first-order valence-corrected chi connectivity index (χ1v) is 15.8. The first-order chi connectivity index (χ1) is 19.2. The van der Waals surface area contributed by atoms with Crippen LogP contribution in [0.15, 0.2) is 99.8 Å². The van der Waals surface area contributed by atoms with Crippen molar-refractivity contribution in [1.29, 1.82) is 5.26 Å². The molecule has 1 fully saturated rings. The number of hydrogen-bond donors (Lipinski definition) is 0. The fourth-order valence-corrected chi connectivity index (χ4v) is 7.29. The lowest BCUT2D eigenvalue weighted by molar-refractivity contribution is 0.346. The maximum absolute atomic E-state index is 13.3.